The summed E-state index contributed by atoms with van der Waals surface area (Å²) in [4.78, 5) is 13.3. The number of nitrogens with zero attached hydrogens (tertiary/aromatic N) is 1. The maximum atomic E-state index is 13.3. The van der Waals surface area contributed by atoms with Crippen LogP contribution in [-0.2, 0) is 22.9 Å². The summed E-state index contributed by atoms with van der Waals surface area (Å²) in [5, 5.41) is 16.0. The molecule has 1 unspecified atom stereocenters. The van der Waals surface area contributed by atoms with Gasteiger partial charge in [0.1, 0.15) is 0 Å². The molecule has 0 aromatic heterocycles. The Balaban J connectivity index is 1.47. The van der Waals surface area contributed by atoms with Gasteiger partial charge < -0.3 is 10.4 Å². The van der Waals surface area contributed by atoms with Gasteiger partial charge in [0.05, 0.1) is 18.4 Å². The zero-order valence-electron chi connectivity index (χ0n) is 21.2. The van der Waals surface area contributed by atoms with Crippen molar-refractivity contribution in [3.8, 4) is 0 Å². The van der Waals surface area contributed by atoms with Crippen molar-refractivity contribution in [2.75, 3.05) is 12.8 Å². The van der Waals surface area contributed by atoms with Crippen molar-refractivity contribution < 1.29 is 18.3 Å². The first-order valence-corrected chi connectivity index (χ1v) is 14.5. The van der Waals surface area contributed by atoms with Crippen LogP contribution in [0.4, 0.5) is 0 Å². The monoisotopic (exact) mass is 508 g/mol. The minimum atomic E-state index is -3.47. The quantitative estimate of drug-likeness (QED) is 0.431. The molecular weight excluding hydrogens is 472 g/mol. The number of nitrogens with one attached hydrogen (secondary N) is 1. The molecule has 36 heavy (non-hydrogen) atoms. The predicted molar refractivity (Wildman–Crippen MR) is 144 cm³/mol. The molecular formula is C29H36N2O4S. The van der Waals surface area contributed by atoms with Gasteiger partial charge in [-0.2, -0.15) is 4.31 Å². The van der Waals surface area contributed by atoms with Crippen LogP contribution < -0.4 is 5.32 Å². The first-order chi connectivity index (χ1) is 17.1. The van der Waals surface area contributed by atoms with Crippen LogP contribution in [0, 0.1) is 5.92 Å². The molecule has 1 aliphatic rings. The number of carbonyl (C=O) groups excluding carboxylic acids is 1. The summed E-state index contributed by atoms with van der Waals surface area (Å²) < 4.78 is 26.9. The third-order valence-corrected chi connectivity index (χ3v) is 8.38. The second-order valence-corrected chi connectivity index (χ2v) is 12.2. The highest BCUT2D eigenvalue weighted by atomic mass is 32.2. The van der Waals surface area contributed by atoms with E-state index < -0.39 is 22.2 Å². The van der Waals surface area contributed by atoms with E-state index in [1.165, 1.54) is 21.7 Å². The maximum Gasteiger partial charge on any atom is 0.252 e. The Morgan fingerprint density at radius 3 is 2.25 bits per heavy atom. The van der Waals surface area contributed by atoms with Crippen LogP contribution in [0.15, 0.2) is 66.7 Å². The lowest BCUT2D eigenvalue weighted by Gasteiger charge is -2.30. The molecule has 1 aliphatic carbocycles. The Morgan fingerprint density at radius 1 is 1.00 bits per heavy atom. The Bertz CT molecular complexity index is 1290. The number of amides is 1. The van der Waals surface area contributed by atoms with Crippen molar-refractivity contribution in [2.45, 2.75) is 57.7 Å². The zero-order valence-corrected chi connectivity index (χ0v) is 22.0. The van der Waals surface area contributed by atoms with E-state index in [1.54, 1.807) is 6.07 Å². The highest BCUT2D eigenvalue weighted by molar-refractivity contribution is 7.88. The van der Waals surface area contributed by atoms with Gasteiger partial charge in [-0.1, -0.05) is 74.5 Å². The fourth-order valence-electron chi connectivity index (χ4n) is 5.31. The van der Waals surface area contributed by atoms with E-state index >= 15 is 0 Å². The van der Waals surface area contributed by atoms with Crippen molar-refractivity contribution in [3.63, 3.8) is 0 Å². The van der Waals surface area contributed by atoms with Crippen molar-refractivity contribution in [2.24, 2.45) is 5.92 Å². The molecule has 2 atom stereocenters. The first-order valence-electron chi connectivity index (χ1n) is 12.6. The van der Waals surface area contributed by atoms with Crippen molar-refractivity contribution in [3.05, 3.63) is 83.4 Å². The van der Waals surface area contributed by atoms with E-state index in [0.29, 0.717) is 24.8 Å². The summed E-state index contributed by atoms with van der Waals surface area (Å²) >= 11 is 0. The highest BCUT2D eigenvalue weighted by Crippen LogP contribution is 2.27. The van der Waals surface area contributed by atoms with Crippen molar-refractivity contribution in [1.82, 2.24) is 9.62 Å². The summed E-state index contributed by atoms with van der Waals surface area (Å²) in [7, 11) is -3.47. The topological polar surface area (TPSA) is 86.7 Å². The van der Waals surface area contributed by atoms with Gasteiger partial charge in [0.2, 0.25) is 10.0 Å². The lowest BCUT2D eigenvalue weighted by molar-refractivity contribution is 0.0756. The van der Waals surface area contributed by atoms with E-state index in [4.69, 9.17) is 0 Å². The lowest BCUT2D eigenvalue weighted by Crippen LogP contribution is -2.47. The standard InChI is InChI=1S/C29H36N2O4S/c1-20(2)17-27(30-29(33)26-14-8-12-21-9-6-7-13-25(21)26)28(32)15-16-31(36(3,34)35)24-18-22-10-4-5-11-23(22)19-24/h4-14,20,24,27-28,32H,15-19H2,1-3H3,(H,30,33)/t27-,28?/m0/s1. The summed E-state index contributed by atoms with van der Waals surface area (Å²) in [6.45, 7) is 4.29. The number of sulfonamides is 1. The van der Waals surface area contributed by atoms with E-state index in [0.717, 1.165) is 10.8 Å². The third kappa shape index (κ3) is 6.14. The van der Waals surface area contributed by atoms with E-state index in [9.17, 15) is 18.3 Å². The molecule has 4 rings (SSSR count). The Hall–Kier alpha value is -2.74. The molecule has 6 nitrogen and oxygen atoms in total. The van der Waals surface area contributed by atoms with Crippen LogP contribution in [0.25, 0.3) is 10.8 Å². The number of rotatable bonds is 10. The molecule has 192 valence electrons. The SMILES string of the molecule is CC(C)C[C@H](NC(=O)c1cccc2ccccc12)C(O)CCN(C1Cc2ccccc2C1)S(C)(=O)=O. The molecule has 0 saturated carbocycles. The van der Waals surface area contributed by atoms with E-state index in [1.807, 2.05) is 74.5 Å². The van der Waals surface area contributed by atoms with Crippen LogP contribution in [-0.4, -0.2) is 54.7 Å². The van der Waals surface area contributed by atoms with E-state index in [2.05, 4.69) is 5.32 Å². The first kappa shape index (κ1) is 26.3. The number of aliphatic hydroxyl groups is 1. The van der Waals surface area contributed by atoms with Crippen LogP contribution in [0.1, 0.15) is 48.2 Å². The summed E-state index contributed by atoms with van der Waals surface area (Å²) in [5.41, 5.74) is 2.92. The van der Waals surface area contributed by atoms with Gasteiger partial charge in [-0.25, -0.2) is 8.42 Å². The number of aliphatic hydroxyl groups excluding tert-OH is 1. The number of hydrogen-bond donors (Lipinski definition) is 2. The fraction of sp³-hybridized carbons (Fsp3) is 0.414. The van der Waals surface area contributed by atoms with Gasteiger partial charge in [-0.3, -0.25) is 4.79 Å². The van der Waals surface area contributed by atoms with E-state index in [-0.39, 0.29) is 30.8 Å². The Kier molecular flexibility index (Phi) is 8.13. The summed E-state index contributed by atoms with van der Waals surface area (Å²) in [6, 6.07) is 20.7. The molecule has 3 aromatic carbocycles. The van der Waals surface area contributed by atoms with Gasteiger partial charge in [-0.15, -0.1) is 0 Å². The molecule has 0 aliphatic heterocycles. The molecule has 7 heteroatoms. The third-order valence-electron chi connectivity index (χ3n) is 7.05. The number of fused-ring (bicyclic) bond motifs is 2. The van der Waals surface area contributed by atoms with Crippen LogP contribution in [0.3, 0.4) is 0 Å². The number of benzene rings is 3. The smallest absolute Gasteiger partial charge is 0.252 e. The van der Waals surface area contributed by atoms with Crippen molar-refractivity contribution in [1.29, 1.82) is 0 Å². The zero-order chi connectivity index (χ0) is 25.9. The summed E-state index contributed by atoms with van der Waals surface area (Å²) in [5.74, 6) is 0.00974. The average Bonchev–Trinajstić information content (AvgIpc) is 3.25. The molecule has 3 aromatic rings. The van der Waals surface area contributed by atoms with Crippen molar-refractivity contribution >= 4 is 26.7 Å². The maximum absolute atomic E-state index is 13.3. The van der Waals surface area contributed by atoms with Gasteiger partial charge in [-0.05, 0) is 59.6 Å². The van der Waals surface area contributed by atoms with Gasteiger partial charge in [0.25, 0.3) is 5.91 Å². The molecule has 0 heterocycles. The minimum Gasteiger partial charge on any atom is -0.391 e. The normalized spacial score (nSPS) is 15.8. The highest BCUT2D eigenvalue weighted by Gasteiger charge is 2.33. The van der Waals surface area contributed by atoms with Gasteiger partial charge in [0, 0.05) is 18.2 Å². The Labute approximate surface area is 214 Å². The number of hydrogen-bond acceptors (Lipinski definition) is 4. The molecule has 0 radical (unpaired) electrons. The van der Waals surface area contributed by atoms with Gasteiger partial charge in [0.15, 0.2) is 0 Å². The summed E-state index contributed by atoms with van der Waals surface area (Å²) in [6.07, 6.45) is 2.54. The second kappa shape index (κ2) is 11.1. The predicted octanol–water partition coefficient (Wildman–Crippen LogP) is 4.16. The van der Waals surface area contributed by atoms with Crippen LogP contribution in [0.2, 0.25) is 0 Å². The fourth-order valence-corrected chi connectivity index (χ4v) is 6.44. The minimum absolute atomic E-state index is 0.154. The van der Waals surface area contributed by atoms with Gasteiger partial charge >= 0.3 is 0 Å². The second-order valence-electron chi connectivity index (χ2n) is 10.3. The molecule has 0 saturated heterocycles. The molecule has 2 N–H and O–H groups in total. The lowest BCUT2D eigenvalue weighted by atomic mass is 9.96. The number of carbonyl (C=O) groups is 1. The van der Waals surface area contributed by atoms with Crippen LogP contribution in [0.5, 0.6) is 0 Å². The average molecular weight is 509 g/mol. The largest absolute Gasteiger partial charge is 0.391 e. The van der Waals surface area contributed by atoms with Crippen LogP contribution >= 0.6 is 0 Å². The Morgan fingerprint density at radius 2 is 1.61 bits per heavy atom. The molecule has 0 bridgehead atoms. The molecule has 1 amide bonds. The molecule has 0 spiro atoms. The molecule has 0 fully saturated rings.